The molecule has 2 N–H and O–H groups in total. The number of carbonyl (C=O) groups is 1. The number of pyridine rings is 1. The van der Waals surface area contributed by atoms with Crippen LogP contribution in [0.25, 0.3) is 10.9 Å². The Morgan fingerprint density at radius 1 is 1.27 bits per heavy atom. The van der Waals surface area contributed by atoms with Gasteiger partial charge >= 0.3 is 0 Å². The highest BCUT2D eigenvalue weighted by Gasteiger charge is 2.14. The molecule has 0 radical (unpaired) electrons. The van der Waals surface area contributed by atoms with Crippen molar-refractivity contribution in [2.24, 2.45) is 5.73 Å². The molecule has 2 heterocycles. The van der Waals surface area contributed by atoms with Crippen molar-refractivity contribution in [2.45, 2.75) is 13.5 Å². The second-order valence-corrected chi connectivity index (χ2v) is 4.98. The number of ether oxygens (including phenoxy) is 1. The lowest BCUT2D eigenvalue weighted by Crippen LogP contribution is -2.11. The Kier molecular flexibility index (Phi) is 3.50. The van der Waals surface area contributed by atoms with Gasteiger partial charge in [0.25, 0.3) is 0 Å². The molecule has 0 saturated heterocycles. The number of aromatic nitrogens is 3. The summed E-state index contributed by atoms with van der Waals surface area (Å²) in [4.78, 5) is 16.0. The van der Waals surface area contributed by atoms with Crippen LogP contribution in [0.3, 0.4) is 0 Å². The van der Waals surface area contributed by atoms with Crippen LogP contribution in [-0.4, -0.2) is 27.8 Å². The summed E-state index contributed by atoms with van der Waals surface area (Å²) in [6, 6.07) is 11.0. The van der Waals surface area contributed by atoms with Crippen molar-refractivity contribution in [1.29, 1.82) is 0 Å². The third-order valence-corrected chi connectivity index (χ3v) is 3.52. The molecule has 0 bridgehead atoms. The van der Waals surface area contributed by atoms with E-state index >= 15 is 0 Å². The SMILES string of the molecule is COc1cccc(Cn2nc(C)c3c(C(N)=O)cccc32)n1. The number of nitrogens with zero attached hydrogens (tertiary/aromatic N) is 3. The molecule has 112 valence electrons. The van der Waals surface area contributed by atoms with Crippen LogP contribution in [0.4, 0.5) is 0 Å². The van der Waals surface area contributed by atoms with Crippen LogP contribution in [0.15, 0.2) is 36.4 Å². The number of methoxy groups -OCH3 is 1. The highest BCUT2D eigenvalue weighted by molar-refractivity contribution is 6.06. The fraction of sp³-hybridized carbons (Fsp3) is 0.188. The number of benzene rings is 1. The number of aryl methyl sites for hydroxylation is 1. The van der Waals surface area contributed by atoms with Gasteiger partial charge in [0.1, 0.15) is 0 Å². The molecule has 0 fully saturated rings. The zero-order valence-corrected chi connectivity index (χ0v) is 12.4. The van der Waals surface area contributed by atoms with Crippen LogP contribution < -0.4 is 10.5 Å². The van der Waals surface area contributed by atoms with Gasteiger partial charge in [-0.25, -0.2) is 4.98 Å². The minimum absolute atomic E-state index is 0.451. The van der Waals surface area contributed by atoms with Gasteiger partial charge in [0.2, 0.25) is 11.8 Å². The summed E-state index contributed by atoms with van der Waals surface area (Å²) in [5, 5.41) is 5.30. The van der Waals surface area contributed by atoms with Gasteiger partial charge in [-0.3, -0.25) is 9.48 Å². The summed E-state index contributed by atoms with van der Waals surface area (Å²) in [6.45, 7) is 2.36. The van der Waals surface area contributed by atoms with Gasteiger partial charge < -0.3 is 10.5 Å². The van der Waals surface area contributed by atoms with Crippen molar-refractivity contribution < 1.29 is 9.53 Å². The molecule has 6 nitrogen and oxygen atoms in total. The number of primary amides is 1. The summed E-state index contributed by atoms with van der Waals surface area (Å²) >= 11 is 0. The molecule has 3 aromatic rings. The summed E-state index contributed by atoms with van der Waals surface area (Å²) in [6.07, 6.45) is 0. The Morgan fingerprint density at radius 2 is 2.05 bits per heavy atom. The maximum atomic E-state index is 11.6. The Hall–Kier alpha value is -2.89. The zero-order chi connectivity index (χ0) is 15.7. The third kappa shape index (κ3) is 2.39. The van der Waals surface area contributed by atoms with Gasteiger partial charge in [-0.05, 0) is 25.1 Å². The summed E-state index contributed by atoms with van der Waals surface area (Å²) in [7, 11) is 1.58. The highest BCUT2D eigenvalue weighted by Crippen LogP contribution is 2.23. The fourth-order valence-corrected chi connectivity index (χ4v) is 2.56. The molecule has 0 saturated carbocycles. The normalized spacial score (nSPS) is 10.8. The average Bonchev–Trinajstić information content (AvgIpc) is 2.84. The summed E-state index contributed by atoms with van der Waals surface area (Å²) < 4.78 is 6.95. The molecular weight excluding hydrogens is 280 g/mol. The van der Waals surface area contributed by atoms with Crippen LogP contribution in [0.5, 0.6) is 5.88 Å². The lowest BCUT2D eigenvalue weighted by Gasteiger charge is -2.05. The van der Waals surface area contributed by atoms with E-state index in [0.717, 1.165) is 22.3 Å². The minimum atomic E-state index is -0.451. The maximum Gasteiger partial charge on any atom is 0.249 e. The van der Waals surface area contributed by atoms with Crippen LogP contribution >= 0.6 is 0 Å². The number of carbonyl (C=O) groups excluding carboxylic acids is 1. The molecule has 0 aliphatic carbocycles. The number of hydrogen-bond donors (Lipinski definition) is 1. The number of nitrogens with two attached hydrogens (primary N) is 1. The number of amides is 1. The zero-order valence-electron chi connectivity index (χ0n) is 12.4. The largest absolute Gasteiger partial charge is 0.481 e. The summed E-state index contributed by atoms with van der Waals surface area (Å²) in [5.41, 5.74) is 8.39. The molecule has 0 aliphatic heterocycles. The van der Waals surface area contributed by atoms with Crippen LogP contribution in [0.1, 0.15) is 21.7 Å². The first-order valence-corrected chi connectivity index (χ1v) is 6.86. The van der Waals surface area contributed by atoms with Gasteiger partial charge in [-0.1, -0.05) is 12.1 Å². The predicted octanol–water partition coefficient (Wildman–Crippen LogP) is 1.90. The molecular formula is C16H16N4O2. The van der Waals surface area contributed by atoms with Gasteiger partial charge in [-0.2, -0.15) is 5.10 Å². The Morgan fingerprint density at radius 3 is 2.77 bits per heavy atom. The molecule has 2 aromatic heterocycles. The third-order valence-electron chi connectivity index (χ3n) is 3.52. The van der Waals surface area contributed by atoms with Gasteiger partial charge in [0.05, 0.1) is 36.1 Å². The van der Waals surface area contributed by atoms with Crippen molar-refractivity contribution in [3.05, 3.63) is 53.3 Å². The van der Waals surface area contributed by atoms with E-state index in [0.29, 0.717) is 18.0 Å². The maximum absolute atomic E-state index is 11.6. The highest BCUT2D eigenvalue weighted by atomic mass is 16.5. The van der Waals surface area contributed by atoms with E-state index in [9.17, 15) is 4.79 Å². The first kappa shape index (κ1) is 14.1. The van der Waals surface area contributed by atoms with E-state index in [4.69, 9.17) is 10.5 Å². The van der Waals surface area contributed by atoms with Crippen molar-refractivity contribution in [1.82, 2.24) is 14.8 Å². The van der Waals surface area contributed by atoms with Crippen LogP contribution in [0, 0.1) is 6.92 Å². The lowest BCUT2D eigenvalue weighted by atomic mass is 10.1. The van der Waals surface area contributed by atoms with E-state index in [1.54, 1.807) is 25.3 Å². The van der Waals surface area contributed by atoms with Crippen molar-refractivity contribution in [2.75, 3.05) is 7.11 Å². The smallest absolute Gasteiger partial charge is 0.249 e. The van der Waals surface area contributed by atoms with Crippen molar-refractivity contribution in [3.8, 4) is 5.88 Å². The molecule has 0 atom stereocenters. The predicted molar refractivity (Wildman–Crippen MR) is 82.9 cm³/mol. The number of rotatable bonds is 4. The van der Waals surface area contributed by atoms with E-state index in [-0.39, 0.29) is 0 Å². The molecule has 6 heteroatoms. The molecule has 0 unspecified atom stereocenters. The number of fused-ring (bicyclic) bond motifs is 1. The molecule has 1 amide bonds. The minimum Gasteiger partial charge on any atom is -0.481 e. The van der Waals surface area contributed by atoms with Gasteiger partial charge in [0.15, 0.2) is 0 Å². The molecule has 0 spiro atoms. The quantitative estimate of drug-likeness (QED) is 0.797. The summed E-state index contributed by atoms with van der Waals surface area (Å²) in [5.74, 6) is 0.108. The Labute approximate surface area is 127 Å². The number of hydrogen-bond acceptors (Lipinski definition) is 4. The standard InChI is InChI=1S/C16H16N4O2/c1-10-15-12(16(17)21)6-4-7-13(15)20(19-10)9-11-5-3-8-14(18-11)22-2/h3-8H,9H2,1-2H3,(H2,17,21). The van der Waals surface area contributed by atoms with Gasteiger partial charge in [-0.15, -0.1) is 0 Å². The molecule has 0 aliphatic rings. The Bertz CT molecular complexity index is 854. The Balaban J connectivity index is 2.08. The van der Waals surface area contributed by atoms with Crippen molar-refractivity contribution >= 4 is 16.8 Å². The lowest BCUT2D eigenvalue weighted by molar-refractivity contribution is 0.100. The first-order valence-electron chi connectivity index (χ1n) is 6.86. The molecule has 22 heavy (non-hydrogen) atoms. The van der Waals surface area contributed by atoms with E-state index < -0.39 is 5.91 Å². The molecule has 3 rings (SSSR count). The van der Waals surface area contributed by atoms with E-state index in [1.165, 1.54) is 0 Å². The van der Waals surface area contributed by atoms with Crippen LogP contribution in [0.2, 0.25) is 0 Å². The van der Waals surface area contributed by atoms with E-state index in [1.807, 2.05) is 29.8 Å². The van der Waals surface area contributed by atoms with Gasteiger partial charge in [0, 0.05) is 11.5 Å². The first-order chi connectivity index (χ1) is 10.6. The van der Waals surface area contributed by atoms with E-state index in [2.05, 4.69) is 10.1 Å². The second kappa shape index (κ2) is 5.48. The topological polar surface area (TPSA) is 83.0 Å². The van der Waals surface area contributed by atoms with Crippen LogP contribution in [-0.2, 0) is 6.54 Å². The second-order valence-electron chi connectivity index (χ2n) is 4.98. The fourth-order valence-electron chi connectivity index (χ4n) is 2.56. The van der Waals surface area contributed by atoms with Crippen molar-refractivity contribution in [3.63, 3.8) is 0 Å². The monoisotopic (exact) mass is 296 g/mol. The molecule has 1 aromatic carbocycles. The average molecular weight is 296 g/mol.